The topological polar surface area (TPSA) is 26.3 Å². The number of rotatable bonds is 3. The highest BCUT2D eigenvalue weighted by Gasteiger charge is 2.60. The molecule has 0 radical (unpaired) electrons. The highest BCUT2D eigenvalue weighted by Crippen LogP contribution is 2.62. The van der Waals surface area contributed by atoms with E-state index in [0.29, 0.717) is 23.7 Å². The summed E-state index contributed by atoms with van der Waals surface area (Å²) in [4.78, 5) is 13.2. The fraction of sp³-hybridized carbons (Fsp3) is 0.591. The van der Waals surface area contributed by atoms with Crippen LogP contribution in [0.3, 0.4) is 0 Å². The SMILES string of the molecule is CC[C@@]1(C(=O)OC)[C@H]2[C@H](C(C)=C[C@H]1c1ccccc1)[C@H](C)C[C@H]2C. The van der Waals surface area contributed by atoms with Crippen LogP contribution in [0.2, 0.25) is 0 Å². The molecule has 1 aromatic rings. The van der Waals surface area contributed by atoms with Gasteiger partial charge in [-0.15, -0.1) is 0 Å². The van der Waals surface area contributed by atoms with E-state index < -0.39 is 5.41 Å². The summed E-state index contributed by atoms with van der Waals surface area (Å²) in [7, 11) is 1.55. The molecule has 0 saturated heterocycles. The van der Waals surface area contributed by atoms with Gasteiger partial charge in [-0.2, -0.15) is 0 Å². The van der Waals surface area contributed by atoms with Crippen molar-refractivity contribution in [2.24, 2.45) is 29.1 Å². The predicted octanol–water partition coefficient (Wildman–Crippen LogP) is 5.21. The number of fused-ring (bicyclic) bond motifs is 1. The third-order valence-corrected chi connectivity index (χ3v) is 6.77. The molecule has 2 heteroatoms. The number of benzene rings is 1. The summed E-state index contributed by atoms with van der Waals surface area (Å²) >= 11 is 0. The Morgan fingerprint density at radius 3 is 2.46 bits per heavy atom. The van der Waals surface area contributed by atoms with E-state index in [1.165, 1.54) is 17.6 Å². The highest BCUT2D eigenvalue weighted by molar-refractivity contribution is 5.80. The zero-order valence-electron chi connectivity index (χ0n) is 15.6. The molecule has 24 heavy (non-hydrogen) atoms. The van der Waals surface area contributed by atoms with Gasteiger partial charge in [0.25, 0.3) is 0 Å². The Bertz CT molecular complexity index is 633. The van der Waals surface area contributed by atoms with E-state index >= 15 is 0 Å². The average molecular weight is 326 g/mol. The van der Waals surface area contributed by atoms with Gasteiger partial charge in [0.2, 0.25) is 0 Å². The molecule has 1 aromatic carbocycles. The highest BCUT2D eigenvalue weighted by atomic mass is 16.5. The summed E-state index contributed by atoms with van der Waals surface area (Å²) in [6.07, 6.45) is 4.38. The molecule has 2 aliphatic rings. The Hall–Kier alpha value is -1.57. The van der Waals surface area contributed by atoms with Crippen molar-refractivity contribution < 1.29 is 9.53 Å². The minimum atomic E-state index is -0.454. The van der Waals surface area contributed by atoms with Crippen LogP contribution in [0.15, 0.2) is 42.0 Å². The number of esters is 1. The maximum atomic E-state index is 13.2. The van der Waals surface area contributed by atoms with Gasteiger partial charge in [0, 0.05) is 5.92 Å². The molecule has 0 amide bonds. The first-order valence-corrected chi connectivity index (χ1v) is 9.29. The smallest absolute Gasteiger partial charge is 0.313 e. The van der Waals surface area contributed by atoms with Crippen molar-refractivity contribution >= 4 is 5.97 Å². The monoisotopic (exact) mass is 326 g/mol. The van der Waals surface area contributed by atoms with Crippen LogP contribution >= 0.6 is 0 Å². The Labute approximate surface area is 146 Å². The summed E-state index contributed by atoms with van der Waals surface area (Å²) in [6.45, 7) is 9.10. The van der Waals surface area contributed by atoms with Crippen LogP contribution in [0.1, 0.15) is 52.0 Å². The van der Waals surface area contributed by atoms with Gasteiger partial charge in [0.1, 0.15) is 0 Å². The van der Waals surface area contributed by atoms with E-state index in [1.807, 2.05) is 6.07 Å². The summed E-state index contributed by atoms with van der Waals surface area (Å²) in [5.41, 5.74) is 2.23. The fourth-order valence-electron chi connectivity index (χ4n) is 5.98. The van der Waals surface area contributed by atoms with Crippen LogP contribution in [0.25, 0.3) is 0 Å². The van der Waals surface area contributed by atoms with E-state index in [4.69, 9.17) is 4.74 Å². The number of allylic oxidation sites excluding steroid dienone is 2. The number of hydrogen-bond acceptors (Lipinski definition) is 2. The summed E-state index contributed by atoms with van der Waals surface area (Å²) in [6, 6.07) is 10.5. The van der Waals surface area contributed by atoms with Crippen molar-refractivity contribution in [3.63, 3.8) is 0 Å². The number of hydrogen-bond donors (Lipinski definition) is 0. The maximum Gasteiger partial charge on any atom is 0.313 e. The zero-order valence-corrected chi connectivity index (χ0v) is 15.6. The average Bonchev–Trinajstić information content (AvgIpc) is 2.91. The molecule has 0 N–H and O–H groups in total. The van der Waals surface area contributed by atoms with Crippen LogP contribution in [0.4, 0.5) is 0 Å². The second-order valence-electron chi connectivity index (χ2n) is 7.93. The molecule has 0 spiro atoms. The van der Waals surface area contributed by atoms with Crippen LogP contribution in [0.5, 0.6) is 0 Å². The van der Waals surface area contributed by atoms with E-state index in [2.05, 4.69) is 58.0 Å². The van der Waals surface area contributed by atoms with Crippen LogP contribution < -0.4 is 0 Å². The minimum Gasteiger partial charge on any atom is -0.469 e. The molecule has 2 nitrogen and oxygen atoms in total. The molecule has 6 atom stereocenters. The standard InChI is InChI=1S/C22H30O2/c1-6-22(21(23)24-5)18(17-10-8-7-9-11-17)13-15(3)19-14(2)12-16(4)20(19)22/h7-11,13-14,16,18-20H,6,12H2,1-5H3/t14-,16-,18+,19+,20-,22+/m1/s1. The summed E-state index contributed by atoms with van der Waals surface area (Å²) in [5.74, 6) is 2.11. The molecule has 0 aromatic heterocycles. The molecule has 3 rings (SSSR count). The first-order chi connectivity index (χ1) is 11.5. The summed E-state index contributed by atoms with van der Waals surface area (Å²) < 4.78 is 5.39. The second kappa shape index (κ2) is 6.38. The molecule has 0 aliphatic heterocycles. The fourth-order valence-corrected chi connectivity index (χ4v) is 5.98. The molecule has 2 aliphatic carbocycles. The lowest BCUT2D eigenvalue weighted by atomic mass is 9.53. The van der Waals surface area contributed by atoms with Gasteiger partial charge in [-0.25, -0.2) is 0 Å². The Balaban J connectivity index is 2.23. The molecule has 0 heterocycles. The Morgan fingerprint density at radius 1 is 1.21 bits per heavy atom. The van der Waals surface area contributed by atoms with Crippen molar-refractivity contribution in [1.82, 2.24) is 0 Å². The maximum absolute atomic E-state index is 13.2. The first kappa shape index (κ1) is 17.3. The molecule has 0 bridgehead atoms. The third kappa shape index (κ3) is 2.34. The van der Waals surface area contributed by atoms with Gasteiger partial charge in [-0.05, 0) is 49.0 Å². The lowest BCUT2D eigenvalue weighted by Gasteiger charge is -2.49. The van der Waals surface area contributed by atoms with E-state index in [0.717, 1.165) is 6.42 Å². The lowest BCUT2D eigenvalue weighted by molar-refractivity contribution is -0.161. The van der Waals surface area contributed by atoms with Gasteiger partial charge in [0.15, 0.2) is 0 Å². The van der Waals surface area contributed by atoms with E-state index in [-0.39, 0.29) is 11.9 Å². The van der Waals surface area contributed by atoms with Crippen molar-refractivity contribution in [2.75, 3.05) is 7.11 Å². The largest absolute Gasteiger partial charge is 0.469 e. The van der Waals surface area contributed by atoms with Crippen molar-refractivity contribution in [3.05, 3.63) is 47.5 Å². The number of methoxy groups -OCH3 is 1. The van der Waals surface area contributed by atoms with Crippen molar-refractivity contribution in [3.8, 4) is 0 Å². The number of carbonyl (C=O) groups is 1. The third-order valence-electron chi connectivity index (χ3n) is 6.77. The Morgan fingerprint density at radius 2 is 1.88 bits per heavy atom. The van der Waals surface area contributed by atoms with Crippen LogP contribution in [-0.4, -0.2) is 13.1 Å². The second-order valence-corrected chi connectivity index (χ2v) is 7.93. The molecular formula is C22H30O2. The Kier molecular flexibility index (Phi) is 4.59. The van der Waals surface area contributed by atoms with Gasteiger partial charge in [-0.1, -0.05) is 62.8 Å². The molecule has 130 valence electrons. The predicted molar refractivity (Wildman–Crippen MR) is 97.6 cm³/mol. The number of carbonyl (C=O) groups excluding carboxylic acids is 1. The van der Waals surface area contributed by atoms with E-state index in [9.17, 15) is 4.79 Å². The van der Waals surface area contributed by atoms with E-state index in [1.54, 1.807) is 7.11 Å². The molecular weight excluding hydrogens is 296 g/mol. The van der Waals surface area contributed by atoms with Crippen LogP contribution in [-0.2, 0) is 9.53 Å². The zero-order chi connectivity index (χ0) is 17.5. The minimum absolute atomic E-state index is 0.0291. The first-order valence-electron chi connectivity index (χ1n) is 9.29. The van der Waals surface area contributed by atoms with Gasteiger partial charge in [-0.3, -0.25) is 4.79 Å². The normalized spacial score (nSPS) is 38.4. The van der Waals surface area contributed by atoms with Gasteiger partial charge < -0.3 is 4.74 Å². The van der Waals surface area contributed by atoms with Gasteiger partial charge >= 0.3 is 5.97 Å². The molecule has 0 unspecified atom stereocenters. The van der Waals surface area contributed by atoms with Crippen LogP contribution in [0, 0.1) is 29.1 Å². The molecule has 1 saturated carbocycles. The van der Waals surface area contributed by atoms with Gasteiger partial charge in [0.05, 0.1) is 12.5 Å². The number of ether oxygens (including phenoxy) is 1. The molecule has 1 fully saturated rings. The summed E-state index contributed by atoms with van der Waals surface area (Å²) in [5, 5.41) is 0. The van der Waals surface area contributed by atoms with Crippen molar-refractivity contribution in [2.45, 2.75) is 46.5 Å². The lowest BCUT2D eigenvalue weighted by Crippen LogP contribution is -2.50. The quantitative estimate of drug-likeness (QED) is 0.563. The van der Waals surface area contributed by atoms with Crippen molar-refractivity contribution in [1.29, 1.82) is 0 Å².